The molecule has 0 aliphatic carbocycles. The largest absolute Gasteiger partial charge is 0.352 e. The van der Waals surface area contributed by atoms with Crippen molar-refractivity contribution >= 4 is 43.5 Å². The number of amides is 2. The zero-order valence-corrected chi connectivity index (χ0v) is 28.5. The molecule has 0 radical (unpaired) electrons. The molecule has 2 amide bonds. The third-order valence-electron chi connectivity index (χ3n) is 7.69. The van der Waals surface area contributed by atoms with Crippen LogP contribution in [0.25, 0.3) is 0 Å². The molecule has 1 N–H and O–H groups in total. The van der Waals surface area contributed by atoms with Gasteiger partial charge in [0.2, 0.25) is 11.8 Å². The van der Waals surface area contributed by atoms with Crippen LogP contribution in [0.3, 0.4) is 0 Å². The molecule has 4 rings (SSSR count). The molecule has 0 aliphatic heterocycles. The fraction of sp³-hybridized carbons (Fsp3) is 0.278. The molecule has 0 fully saturated rings. The Balaban J connectivity index is 1.81. The van der Waals surface area contributed by atoms with Crippen LogP contribution in [0.15, 0.2) is 112 Å². The molecule has 0 heterocycles. The standard InChI is InChI=1S/C36H40BrN3O4S/c1-5-28(4)38-36(42)34(22-29-12-7-6-8-13-29)39(24-30-14-9-11-27(3)21-30)35(41)25-40(32-16-10-15-31(37)23-32)45(43,44)33-19-17-26(2)18-20-33/h6-21,23,28,34H,5,22,24-25H2,1-4H3,(H,38,42)/t28-,34+/m0/s1. The van der Waals surface area contributed by atoms with Crippen LogP contribution in [-0.4, -0.2) is 43.8 Å². The predicted octanol–water partition coefficient (Wildman–Crippen LogP) is 6.82. The lowest BCUT2D eigenvalue weighted by Crippen LogP contribution is -2.54. The minimum atomic E-state index is -4.16. The van der Waals surface area contributed by atoms with Gasteiger partial charge in [-0.15, -0.1) is 0 Å². The van der Waals surface area contributed by atoms with Crippen LogP contribution < -0.4 is 9.62 Å². The Kier molecular flexibility index (Phi) is 11.6. The van der Waals surface area contributed by atoms with Crippen molar-refractivity contribution in [3.05, 3.63) is 130 Å². The highest BCUT2D eigenvalue weighted by Crippen LogP contribution is 2.27. The second-order valence-electron chi connectivity index (χ2n) is 11.3. The SMILES string of the molecule is CC[C@H](C)NC(=O)[C@@H](Cc1ccccc1)N(Cc1cccc(C)c1)C(=O)CN(c1cccc(Br)c1)S(=O)(=O)c1ccc(C)cc1. The van der Waals surface area contributed by atoms with E-state index in [9.17, 15) is 18.0 Å². The maximum absolute atomic E-state index is 14.6. The number of halogens is 1. The quantitative estimate of drug-likeness (QED) is 0.167. The molecule has 0 aromatic heterocycles. The first-order valence-corrected chi connectivity index (χ1v) is 17.3. The Hall–Kier alpha value is -3.95. The number of nitrogens with one attached hydrogen (secondary N) is 1. The monoisotopic (exact) mass is 689 g/mol. The van der Waals surface area contributed by atoms with E-state index in [1.807, 2.05) is 82.3 Å². The van der Waals surface area contributed by atoms with Crippen LogP contribution in [0.5, 0.6) is 0 Å². The van der Waals surface area contributed by atoms with Gasteiger partial charge in [-0.25, -0.2) is 8.42 Å². The zero-order valence-electron chi connectivity index (χ0n) is 26.1. The van der Waals surface area contributed by atoms with Gasteiger partial charge in [-0.3, -0.25) is 13.9 Å². The molecular formula is C36H40BrN3O4S. The van der Waals surface area contributed by atoms with Crippen LogP contribution >= 0.6 is 15.9 Å². The summed E-state index contributed by atoms with van der Waals surface area (Å²) in [5, 5.41) is 3.07. The van der Waals surface area contributed by atoms with Crippen LogP contribution in [0.1, 0.15) is 42.5 Å². The van der Waals surface area contributed by atoms with Crippen LogP contribution in [0.2, 0.25) is 0 Å². The van der Waals surface area contributed by atoms with Crippen LogP contribution in [0.4, 0.5) is 5.69 Å². The number of hydrogen-bond acceptors (Lipinski definition) is 4. The summed E-state index contributed by atoms with van der Waals surface area (Å²) in [6.07, 6.45) is 0.989. The Morgan fingerprint density at radius 3 is 2.13 bits per heavy atom. The number of carbonyl (C=O) groups is 2. The predicted molar refractivity (Wildman–Crippen MR) is 183 cm³/mol. The molecule has 7 nitrogen and oxygen atoms in total. The molecule has 9 heteroatoms. The molecule has 0 saturated heterocycles. The Labute approximate surface area is 275 Å². The Morgan fingerprint density at radius 2 is 1.49 bits per heavy atom. The van der Waals surface area contributed by atoms with E-state index in [0.29, 0.717) is 10.2 Å². The number of hydrogen-bond donors (Lipinski definition) is 1. The van der Waals surface area contributed by atoms with Crippen molar-refractivity contribution in [2.75, 3.05) is 10.8 Å². The summed E-state index contributed by atoms with van der Waals surface area (Å²) in [6, 6.07) is 29.7. The third kappa shape index (κ3) is 9.05. The van der Waals surface area contributed by atoms with Gasteiger partial charge in [-0.1, -0.05) is 107 Å². The minimum absolute atomic E-state index is 0.0708. The van der Waals surface area contributed by atoms with Crippen molar-refractivity contribution < 1.29 is 18.0 Å². The number of sulfonamides is 1. The van der Waals surface area contributed by atoms with Gasteiger partial charge in [-0.05, 0) is 68.7 Å². The van der Waals surface area contributed by atoms with E-state index in [4.69, 9.17) is 0 Å². The van der Waals surface area contributed by atoms with E-state index in [-0.39, 0.29) is 29.8 Å². The van der Waals surface area contributed by atoms with Gasteiger partial charge in [-0.2, -0.15) is 0 Å². The van der Waals surface area contributed by atoms with Gasteiger partial charge in [0.05, 0.1) is 10.6 Å². The molecule has 4 aromatic rings. The smallest absolute Gasteiger partial charge is 0.264 e. The molecule has 0 saturated carbocycles. The van der Waals surface area contributed by atoms with E-state index in [0.717, 1.165) is 33.0 Å². The van der Waals surface area contributed by atoms with E-state index < -0.39 is 28.5 Å². The first-order chi connectivity index (χ1) is 21.5. The fourth-order valence-corrected chi connectivity index (χ4v) is 6.79. The fourth-order valence-electron chi connectivity index (χ4n) is 5.00. The molecule has 0 spiro atoms. The topological polar surface area (TPSA) is 86.8 Å². The highest BCUT2D eigenvalue weighted by Gasteiger charge is 2.35. The van der Waals surface area contributed by atoms with Gasteiger partial charge in [0, 0.05) is 23.5 Å². The Morgan fingerprint density at radius 1 is 0.822 bits per heavy atom. The van der Waals surface area contributed by atoms with Crippen molar-refractivity contribution in [3.8, 4) is 0 Å². The van der Waals surface area contributed by atoms with Gasteiger partial charge >= 0.3 is 0 Å². The number of rotatable bonds is 13. The Bertz CT molecular complexity index is 1710. The van der Waals surface area contributed by atoms with E-state index in [1.54, 1.807) is 48.5 Å². The van der Waals surface area contributed by atoms with E-state index in [2.05, 4.69) is 21.2 Å². The van der Waals surface area contributed by atoms with Crippen molar-refractivity contribution in [2.24, 2.45) is 0 Å². The second kappa shape index (κ2) is 15.4. The van der Waals surface area contributed by atoms with Crippen molar-refractivity contribution in [1.29, 1.82) is 0 Å². The van der Waals surface area contributed by atoms with Gasteiger partial charge < -0.3 is 10.2 Å². The van der Waals surface area contributed by atoms with Gasteiger partial charge in [0.1, 0.15) is 12.6 Å². The van der Waals surface area contributed by atoms with Gasteiger partial charge in [0.25, 0.3) is 10.0 Å². The van der Waals surface area contributed by atoms with Gasteiger partial charge in [0.15, 0.2) is 0 Å². The van der Waals surface area contributed by atoms with Crippen molar-refractivity contribution in [1.82, 2.24) is 10.2 Å². The zero-order chi connectivity index (χ0) is 32.6. The minimum Gasteiger partial charge on any atom is -0.352 e. The molecular weight excluding hydrogens is 650 g/mol. The van der Waals surface area contributed by atoms with E-state index >= 15 is 0 Å². The third-order valence-corrected chi connectivity index (χ3v) is 9.97. The summed E-state index contributed by atoms with van der Waals surface area (Å²) in [5.41, 5.74) is 3.99. The second-order valence-corrected chi connectivity index (χ2v) is 14.1. The summed E-state index contributed by atoms with van der Waals surface area (Å²) in [5.74, 6) is -0.781. The summed E-state index contributed by atoms with van der Waals surface area (Å²) < 4.78 is 30.1. The highest BCUT2D eigenvalue weighted by molar-refractivity contribution is 9.10. The number of anilines is 1. The summed E-state index contributed by atoms with van der Waals surface area (Å²) >= 11 is 3.45. The number of benzene rings is 4. The molecule has 236 valence electrons. The number of aryl methyl sites for hydroxylation is 2. The van der Waals surface area contributed by atoms with Crippen molar-refractivity contribution in [3.63, 3.8) is 0 Å². The van der Waals surface area contributed by atoms with Crippen LogP contribution in [0, 0.1) is 13.8 Å². The first-order valence-electron chi connectivity index (χ1n) is 15.0. The molecule has 45 heavy (non-hydrogen) atoms. The lowest BCUT2D eigenvalue weighted by Gasteiger charge is -2.34. The average molecular weight is 691 g/mol. The average Bonchev–Trinajstić information content (AvgIpc) is 3.02. The number of carbonyl (C=O) groups excluding carboxylic acids is 2. The van der Waals surface area contributed by atoms with E-state index in [1.165, 1.54) is 4.90 Å². The molecule has 0 aliphatic rings. The highest BCUT2D eigenvalue weighted by atomic mass is 79.9. The summed E-state index contributed by atoms with van der Waals surface area (Å²) in [6.45, 7) is 7.39. The van der Waals surface area contributed by atoms with Crippen LogP contribution in [-0.2, 0) is 32.6 Å². The number of nitrogens with zero attached hydrogens (tertiary/aromatic N) is 2. The maximum atomic E-state index is 14.6. The lowest BCUT2D eigenvalue weighted by molar-refractivity contribution is -0.140. The normalized spacial score (nSPS) is 12.6. The molecule has 4 aromatic carbocycles. The molecule has 0 unspecified atom stereocenters. The lowest BCUT2D eigenvalue weighted by atomic mass is 10.0. The molecule has 2 atom stereocenters. The first kappa shape index (κ1) is 33.9. The van der Waals surface area contributed by atoms with Crippen molar-refractivity contribution in [2.45, 2.75) is 64.1 Å². The summed E-state index contributed by atoms with van der Waals surface area (Å²) in [4.78, 5) is 30.1. The summed E-state index contributed by atoms with van der Waals surface area (Å²) in [7, 11) is -4.16. The maximum Gasteiger partial charge on any atom is 0.264 e. The molecule has 0 bridgehead atoms.